The number of hydrogen-bond acceptors (Lipinski definition) is 6. The van der Waals surface area contributed by atoms with Gasteiger partial charge in [0.1, 0.15) is 6.04 Å². The minimum Gasteiger partial charge on any atom is -0.464 e. The molecule has 0 aliphatic heterocycles. The first-order chi connectivity index (χ1) is 9.61. The molecule has 0 saturated carbocycles. The second-order valence-electron chi connectivity index (χ2n) is 4.00. The highest BCUT2D eigenvalue weighted by Gasteiger charge is 2.20. The van der Waals surface area contributed by atoms with E-state index in [0.717, 1.165) is 4.88 Å². The Balaban J connectivity index is 2.01. The van der Waals surface area contributed by atoms with Gasteiger partial charge in [0.05, 0.1) is 11.5 Å². The molecule has 0 aliphatic carbocycles. The van der Waals surface area contributed by atoms with Crippen molar-refractivity contribution in [3.05, 3.63) is 29.3 Å². The summed E-state index contributed by atoms with van der Waals surface area (Å²) < 4.78 is 9.91. The number of ether oxygens (including phenoxy) is 1. The van der Waals surface area contributed by atoms with E-state index in [-0.39, 0.29) is 12.3 Å². The number of carbonyl (C=O) groups excluding carboxylic acids is 2. The van der Waals surface area contributed by atoms with Gasteiger partial charge in [-0.25, -0.2) is 4.79 Å². The Morgan fingerprint density at radius 2 is 2.35 bits per heavy atom. The molecule has 0 saturated heterocycles. The van der Waals surface area contributed by atoms with Crippen molar-refractivity contribution in [2.24, 2.45) is 0 Å². The van der Waals surface area contributed by atoms with Crippen molar-refractivity contribution in [3.63, 3.8) is 0 Å². The summed E-state index contributed by atoms with van der Waals surface area (Å²) in [6.45, 7) is 3.53. The fraction of sp³-hybridized carbons (Fsp3) is 0.308. The minimum absolute atomic E-state index is 0.129. The zero-order valence-corrected chi connectivity index (χ0v) is 11.9. The molecule has 1 unspecified atom stereocenters. The highest BCUT2D eigenvalue weighted by Crippen LogP contribution is 2.25. The number of carbonyl (C=O) groups is 2. The Morgan fingerprint density at radius 1 is 1.55 bits per heavy atom. The Kier molecular flexibility index (Phi) is 4.52. The SMILES string of the molecule is CCOC(=O)C(C)NC(=O)c1cc(-c2cccs2)on1. The van der Waals surface area contributed by atoms with Gasteiger partial charge < -0.3 is 14.6 Å². The van der Waals surface area contributed by atoms with E-state index in [1.165, 1.54) is 11.3 Å². The predicted octanol–water partition coefficient (Wildman–Crippen LogP) is 2.08. The predicted molar refractivity (Wildman–Crippen MR) is 73.4 cm³/mol. The van der Waals surface area contributed by atoms with Crippen LogP contribution in [0.25, 0.3) is 10.6 Å². The molecule has 0 aliphatic rings. The van der Waals surface area contributed by atoms with E-state index in [4.69, 9.17) is 9.26 Å². The minimum atomic E-state index is -0.732. The second-order valence-corrected chi connectivity index (χ2v) is 4.95. The lowest BCUT2D eigenvalue weighted by Gasteiger charge is -2.10. The van der Waals surface area contributed by atoms with Gasteiger partial charge >= 0.3 is 5.97 Å². The van der Waals surface area contributed by atoms with Gasteiger partial charge in [0.15, 0.2) is 11.5 Å². The standard InChI is InChI=1S/C13H14N2O4S/c1-3-18-13(17)8(2)14-12(16)9-7-10(19-15-9)11-5-4-6-20-11/h4-8H,3H2,1-2H3,(H,14,16). The summed E-state index contributed by atoms with van der Waals surface area (Å²) in [5.41, 5.74) is 0.129. The van der Waals surface area contributed by atoms with Crippen molar-refractivity contribution in [1.82, 2.24) is 10.5 Å². The molecule has 1 atom stereocenters. The van der Waals surface area contributed by atoms with Crippen LogP contribution in [0.5, 0.6) is 0 Å². The van der Waals surface area contributed by atoms with Crippen LogP contribution in [0, 0.1) is 0 Å². The van der Waals surface area contributed by atoms with E-state index < -0.39 is 17.9 Å². The summed E-state index contributed by atoms with van der Waals surface area (Å²) in [5.74, 6) is -0.436. The normalized spacial score (nSPS) is 11.9. The van der Waals surface area contributed by atoms with Gasteiger partial charge in [-0.2, -0.15) is 0 Å². The topological polar surface area (TPSA) is 81.4 Å². The zero-order chi connectivity index (χ0) is 14.5. The molecular formula is C13H14N2O4S. The van der Waals surface area contributed by atoms with Crippen LogP contribution in [0.4, 0.5) is 0 Å². The van der Waals surface area contributed by atoms with Gasteiger partial charge in [-0.1, -0.05) is 11.2 Å². The second kappa shape index (κ2) is 6.33. The van der Waals surface area contributed by atoms with E-state index in [0.29, 0.717) is 5.76 Å². The Bertz CT molecular complexity index is 591. The number of hydrogen-bond donors (Lipinski definition) is 1. The first-order valence-electron chi connectivity index (χ1n) is 6.10. The lowest BCUT2D eigenvalue weighted by molar-refractivity contribution is -0.144. The first-order valence-corrected chi connectivity index (χ1v) is 6.98. The molecule has 0 spiro atoms. The Morgan fingerprint density at radius 3 is 3.00 bits per heavy atom. The molecule has 20 heavy (non-hydrogen) atoms. The van der Waals surface area contributed by atoms with Crippen molar-refractivity contribution in [1.29, 1.82) is 0 Å². The summed E-state index contributed by atoms with van der Waals surface area (Å²) >= 11 is 1.49. The number of amides is 1. The third-order valence-electron chi connectivity index (χ3n) is 2.49. The quantitative estimate of drug-likeness (QED) is 0.854. The number of thiophene rings is 1. The Hall–Kier alpha value is -2.15. The molecule has 0 bridgehead atoms. The largest absolute Gasteiger partial charge is 0.464 e. The monoisotopic (exact) mass is 294 g/mol. The molecular weight excluding hydrogens is 280 g/mol. The van der Waals surface area contributed by atoms with E-state index >= 15 is 0 Å². The number of esters is 1. The van der Waals surface area contributed by atoms with Crippen LogP contribution >= 0.6 is 11.3 Å². The van der Waals surface area contributed by atoms with Crippen LogP contribution in [0.2, 0.25) is 0 Å². The molecule has 2 aromatic rings. The van der Waals surface area contributed by atoms with Crippen LogP contribution in [0.1, 0.15) is 24.3 Å². The van der Waals surface area contributed by atoms with Gasteiger partial charge in [-0.3, -0.25) is 4.79 Å². The van der Waals surface area contributed by atoms with E-state index in [2.05, 4.69) is 10.5 Å². The van der Waals surface area contributed by atoms with Gasteiger partial charge in [-0.05, 0) is 25.3 Å². The van der Waals surface area contributed by atoms with E-state index in [1.807, 2.05) is 17.5 Å². The summed E-state index contributed by atoms with van der Waals surface area (Å²) in [5, 5.41) is 8.11. The molecule has 0 fully saturated rings. The third-order valence-corrected chi connectivity index (χ3v) is 3.38. The maximum absolute atomic E-state index is 11.9. The molecule has 0 radical (unpaired) electrons. The number of aromatic nitrogens is 1. The maximum atomic E-state index is 11.9. The summed E-state index contributed by atoms with van der Waals surface area (Å²) in [6.07, 6.45) is 0. The van der Waals surface area contributed by atoms with Crippen LogP contribution < -0.4 is 5.32 Å². The molecule has 0 aromatic carbocycles. The highest BCUT2D eigenvalue weighted by atomic mass is 32.1. The summed E-state index contributed by atoms with van der Waals surface area (Å²) in [7, 11) is 0. The van der Waals surface area contributed by atoms with E-state index in [1.54, 1.807) is 19.9 Å². The molecule has 1 N–H and O–H groups in total. The van der Waals surface area contributed by atoms with E-state index in [9.17, 15) is 9.59 Å². The fourth-order valence-corrected chi connectivity index (χ4v) is 2.19. The van der Waals surface area contributed by atoms with Crippen molar-refractivity contribution in [2.45, 2.75) is 19.9 Å². The molecule has 106 valence electrons. The molecule has 6 nitrogen and oxygen atoms in total. The lowest BCUT2D eigenvalue weighted by Crippen LogP contribution is -2.39. The maximum Gasteiger partial charge on any atom is 0.328 e. The molecule has 2 aromatic heterocycles. The van der Waals surface area contributed by atoms with Crippen LogP contribution in [0.3, 0.4) is 0 Å². The zero-order valence-electron chi connectivity index (χ0n) is 11.1. The third kappa shape index (κ3) is 3.24. The van der Waals surface area contributed by atoms with Gasteiger partial charge in [-0.15, -0.1) is 11.3 Å². The van der Waals surface area contributed by atoms with Crippen LogP contribution in [-0.2, 0) is 9.53 Å². The molecule has 2 rings (SSSR count). The molecule has 2 heterocycles. The number of nitrogens with one attached hydrogen (secondary N) is 1. The van der Waals surface area contributed by atoms with Gasteiger partial charge in [0, 0.05) is 6.07 Å². The summed E-state index contributed by atoms with van der Waals surface area (Å²) in [6, 6.07) is 4.56. The Labute approximate surface area is 119 Å². The van der Waals surface area contributed by atoms with Crippen molar-refractivity contribution >= 4 is 23.2 Å². The number of rotatable bonds is 5. The van der Waals surface area contributed by atoms with Gasteiger partial charge in [0.25, 0.3) is 5.91 Å². The fourth-order valence-electron chi connectivity index (χ4n) is 1.51. The van der Waals surface area contributed by atoms with Gasteiger partial charge in [0.2, 0.25) is 0 Å². The average molecular weight is 294 g/mol. The highest BCUT2D eigenvalue weighted by molar-refractivity contribution is 7.13. The first kappa shape index (κ1) is 14.3. The van der Waals surface area contributed by atoms with Crippen LogP contribution in [-0.4, -0.2) is 29.7 Å². The van der Waals surface area contributed by atoms with Crippen molar-refractivity contribution < 1.29 is 18.8 Å². The smallest absolute Gasteiger partial charge is 0.328 e. The van der Waals surface area contributed by atoms with Crippen molar-refractivity contribution in [2.75, 3.05) is 6.61 Å². The number of nitrogens with zero attached hydrogens (tertiary/aromatic N) is 1. The van der Waals surface area contributed by atoms with Crippen LogP contribution in [0.15, 0.2) is 28.1 Å². The summed E-state index contributed by atoms with van der Waals surface area (Å²) in [4.78, 5) is 24.2. The average Bonchev–Trinajstić information content (AvgIpc) is 3.09. The molecule has 7 heteroatoms. The molecule has 1 amide bonds. The lowest BCUT2D eigenvalue weighted by atomic mass is 10.3. The van der Waals surface area contributed by atoms with Crippen molar-refractivity contribution in [3.8, 4) is 10.6 Å².